The molecule has 166 valence electrons. The van der Waals surface area contributed by atoms with Crippen LogP contribution >= 0.6 is 0 Å². The average molecular weight is 428 g/mol. The summed E-state index contributed by atoms with van der Waals surface area (Å²) in [5.41, 5.74) is 5.46. The van der Waals surface area contributed by atoms with Gasteiger partial charge >= 0.3 is 0 Å². The number of hydrogen-bond acceptors (Lipinski definition) is 3. The lowest BCUT2D eigenvalue weighted by atomic mass is 9.99. The fraction of sp³-hybridized carbons (Fsp3) is 0.321. The van der Waals surface area contributed by atoms with Crippen molar-refractivity contribution in [3.8, 4) is 0 Å². The highest BCUT2D eigenvalue weighted by Crippen LogP contribution is 2.23. The summed E-state index contributed by atoms with van der Waals surface area (Å²) in [5, 5.41) is 6.84. The number of likely N-dealkylation sites (tertiary alicyclic amines) is 1. The van der Waals surface area contributed by atoms with Gasteiger partial charge in [0.2, 0.25) is 5.91 Å². The second-order valence-electron chi connectivity index (χ2n) is 8.85. The lowest BCUT2D eigenvalue weighted by Gasteiger charge is -2.34. The third-order valence-electron chi connectivity index (χ3n) is 6.28. The zero-order valence-corrected chi connectivity index (χ0v) is 19.1. The Hall–Kier alpha value is -2.95. The van der Waals surface area contributed by atoms with Crippen LogP contribution in [0.4, 0.5) is 5.69 Å². The van der Waals surface area contributed by atoms with Crippen molar-refractivity contribution in [3.05, 3.63) is 101 Å². The van der Waals surface area contributed by atoms with Gasteiger partial charge in [0.1, 0.15) is 6.04 Å². The van der Waals surface area contributed by atoms with Crippen LogP contribution in [0.5, 0.6) is 0 Å². The van der Waals surface area contributed by atoms with Crippen LogP contribution < -0.4 is 10.6 Å². The smallest absolute Gasteiger partial charge is 0.246 e. The van der Waals surface area contributed by atoms with Gasteiger partial charge in [-0.15, -0.1) is 0 Å². The lowest BCUT2D eigenvalue weighted by molar-refractivity contribution is -0.118. The summed E-state index contributed by atoms with van der Waals surface area (Å²) in [4.78, 5) is 15.9. The highest BCUT2D eigenvalue weighted by Gasteiger charge is 2.27. The minimum Gasteiger partial charge on any atom is -0.324 e. The van der Waals surface area contributed by atoms with Gasteiger partial charge in [-0.3, -0.25) is 15.0 Å². The Labute approximate surface area is 191 Å². The molecule has 0 aliphatic carbocycles. The van der Waals surface area contributed by atoms with Gasteiger partial charge in [0.05, 0.1) is 0 Å². The molecule has 0 saturated carbocycles. The molecule has 0 bridgehead atoms. The van der Waals surface area contributed by atoms with Crippen LogP contribution in [-0.4, -0.2) is 29.9 Å². The van der Waals surface area contributed by atoms with Gasteiger partial charge in [0.15, 0.2) is 0 Å². The van der Waals surface area contributed by atoms with Gasteiger partial charge < -0.3 is 5.32 Å². The van der Waals surface area contributed by atoms with Gasteiger partial charge in [-0.2, -0.15) is 0 Å². The zero-order valence-electron chi connectivity index (χ0n) is 19.1. The Morgan fingerprint density at radius 1 is 0.938 bits per heavy atom. The van der Waals surface area contributed by atoms with E-state index < -0.39 is 0 Å². The van der Waals surface area contributed by atoms with Crippen molar-refractivity contribution in [3.63, 3.8) is 0 Å². The van der Waals surface area contributed by atoms with Gasteiger partial charge in [-0.1, -0.05) is 72.8 Å². The molecule has 0 aromatic heterocycles. The Bertz CT molecular complexity index is 1010. The summed E-state index contributed by atoms with van der Waals surface area (Å²) in [6, 6.07) is 26.8. The van der Waals surface area contributed by atoms with E-state index in [4.69, 9.17) is 0 Å². The van der Waals surface area contributed by atoms with Crippen LogP contribution in [0.15, 0.2) is 78.9 Å². The molecule has 1 fully saturated rings. The maximum atomic E-state index is 13.4. The minimum absolute atomic E-state index is 0.00313. The van der Waals surface area contributed by atoms with E-state index in [0.29, 0.717) is 6.04 Å². The zero-order chi connectivity index (χ0) is 22.3. The molecule has 0 spiro atoms. The first-order valence-electron chi connectivity index (χ1n) is 11.5. The molecule has 1 atom stereocenters. The predicted molar refractivity (Wildman–Crippen MR) is 132 cm³/mol. The largest absolute Gasteiger partial charge is 0.324 e. The monoisotopic (exact) mass is 427 g/mol. The number of rotatable bonds is 7. The summed E-state index contributed by atoms with van der Waals surface area (Å²) in [6.45, 7) is 7.13. The van der Waals surface area contributed by atoms with E-state index in [0.717, 1.165) is 54.9 Å². The predicted octanol–water partition coefficient (Wildman–Crippen LogP) is 5.24. The number of hydrogen-bond donors (Lipinski definition) is 2. The number of nitrogens with one attached hydrogen (secondary N) is 2. The molecule has 2 N–H and O–H groups in total. The molecule has 1 amide bonds. The van der Waals surface area contributed by atoms with Crippen LogP contribution in [0, 0.1) is 13.8 Å². The molecule has 1 saturated heterocycles. The summed E-state index contributed by atoms with van der Waals surface area (Å²) in [5.74, 6) is -0.00313. The van der Waals surface area contributed by atoms with Crippen molar-refractivity contribution in [2.45, 2.75) is 45.3 Å². The van der Waals surface area contributed by atoms with Gasteiger partial charge in [-0.25, -0.2) is 0 Å². The molecule has 4 rings (SSSR count). The SMILES string of the molecule is Cc1ccc(C)c(NC(=O)[C@@H](NC2CCN(Cc3ccccc3)CC2)c2ccccc2)c1. The van der Waals surface area contributed by atoms with Crippen LogP contribution in [-0.2, 0) is 11.3 Å². The van der Waals surface area contributed by atoms with Crippen molar-refractivity contribution < 1.29 is 4.79 Å². The second-order valence-corrected chi connectivity index (χ2v) is 8.85. The highest BCUT2D eigenvalue weighted by atomic mass is 16.2. The minimum atomic E-state index is -0.373. The number of nitrogens with zero attached hydrogens (tertiary/aromatic N) is 1. The number of anilines is 1. The number of aryl methyl sites for hydroxylation is 2. The molecular formula is C28H33N3O. The summed E-state index contributed by atoms with van der Waals surface area (Å²) < 4.78 is 0. The standard InChI is InChI=1S/C28H33N3O/c1-21-13-14-22(2)26(19-21)30-28(32)27(24-11-7-4-8-12-24)29-25-15-17-31(18-16-25)20-23-9-5-3-6-10-23/h3-14,19,25,27,29H,15-18,20H2,1-2H3,(H,30,32)/t27-/m0/s1. The maximum absolute atomic E-state index is 13.4. The Morgan fingerprint density at radius 2 is 1.59 bits per heavy atom. The lowest BCUT2D eigenvalue weighted by Crippen LogP contribution is -2.46. The number of carbonyl (C=O) groups excluding carboxylic acids is 1. The van der Waals surface area contributed by atoms with E-state index in [9.17, 15) is 4.79 Å². The van der Waals surface area contributed by atoms with Gasteiger partial charge in [0.25, 0.3) is 0 Å². The molecule has 32 heavy (non-hydrogen) atoms. The van der Waals surface area contributed by atoms with Crippen LogP contribution in [0.25, 0.3) is 0 Å². The molecule has 1 aliphatic heterocycles. The molecule has 3 aromatic rings. The van der Waals surface area contributed by atoms with Crippen molar-refractivity contribution >= 4 is 11.6 Å². The topological polar surface area (TPSA) is 44.4 Å². The summed E-state index contributed by atoms with van der Waals surface area (Å²) in [6.07, 6.45) is 2.07. The molecule has 4 nitrogen and oxygen atoms in total. The van der Waals surface area contributed by atoms with E-state index >= 15 is 0 Å². The number of amides is 1. The van der Waals surface area contributed by atoms with Crippen LogP contribution in [0.1, 0.15) is 41.1 Å². The molecule has 0 unspecified atom stereocenters. The number of benzene rings is 3. The van der Waals surface area contributed by atoms with Crippen molar-refractivity contribution in [2.24, 2.45) is 0 Å². The molecule has 1 aliphatic rings. The summed E-state index contributed by atoms with van der Waals surface area (Å²) >= 11 is 0. The van der Waals surface area contributed by atoms with Gasteiger partial charge in [0, 0.05) is 18.3 Å². The fourth-order valence-electron chi connectivity index (χ4n) is 4.38. The van der Waals surface area contributed by atoms with E-state index in [-0.39, 0.29) is 11.9 Å². The first-order valence-corrected chi connectivity index (χ1v) is 11.5. The number of piperidine rings is 1. The molecule has 1 heterocycles. The van der Waals surface area contributed by atoms with Crippen molar-refractivity contribution in [2.75, 3.05) is 18.4 Å². The van der Waals surface area contributed by atoms with Crippen LogP contribution in [0.3, 0.4) is 0 Å². The van der Waals surface area contributed by atoms with E-state index in [1.807, 2.05) is 50.2 Å². The Balaban J connectivity index is 1.41. The van der Waals surface area contributed by atoms with Crippen molar-refractivity contribution in [1.82, 2.24) is 10.2 Å². The molecular weight excluding hydrogens is 394 g/mol. The first kappa shape index (κ1) is 22.3. The fourth-order valence-corrected chi connectivity index (χ4v) is 4.38. The quantitative estimate of drug-likeness (QED) is 0.542. The van der Waals surface area contributed by atoms with E-state index in [1.54, 1.807) is 0 Å². The first-order chi connectivity index (χ1) is 15.6. The maximum Gasteiger partial charge on any atom is 0.246 e. The Kier molecular flexibility index (Phi) is 7.35. The highest BCUT2D eigenvalue weighted by molar-refractivity contribution is 5.96. The van der Waals surface area contributed by atoms with E-state index in [1.165, 1.54) is 5.56 Å². The second kappa shape index (κ2) is 10.6. The normalized spacial score (nSPS) is 15.9. The Morgan fingerprint density at radius 3 is 2.28 bits per heavy atom. The molecule has 3 aromatic carbocycles. The third-order valence-corrected chi connectivity index (χ3v) is 6.28. The molecule has 0 radical (unpaired) electrons. The number of carbonyl (C=O) groups is 1. The van der Waals surface area contributed by atoms with Crippen molar-refractivity contribution in [1.29, 1.82) is 0 Å². The van der Waals surface area contributed by atoms with Gasteiger partial charge in [-0.05, 0) is 68.1 Å². The average Bonchev–Trinajstić information content (AvgIpc) is 2.82. The van der Waals surface area contributed by atoms with Crippen LogP contribution in [0.2, 0.25) is 0 Å². The summed E-state index contributed by atoms with van der Waals surface area (Å²) in [7, 11) is 0. The third kappa shape index (κ3) is 5.84. The molecule has 4 heteroatoms. The van der Waals surface area contributed by atoms with E-state index in [2.05, 4.69) is 58.0 Å².